The van der Waals surface area contributed by atoms with Gasteiger partial charge in [0, 0.05) is 5.02 Å². The molecule has 1 unspecified atom stereocenters. The molecule has 0 saturated heterocycles. The molecule has 0 heterocycles. The van der Waals surface area contributed by atoms with Crippen LogP contribution in [0, 0.1) is 16.7 Å². The van der Waals surface area contributed by atoms with Crippen molar-refractivity contribution in [1.82, 2.24) is 0 Å². The molecule has 1 saturated carbocycles. The van der Waals surface area contributed by atoms with Crippen LogP contribution in [0.1, 0.15) is 33.3 Å². The number of halogens is 1. The minimum Gasteiger partial charge on any atom is -0.392 e. The normalized spacial score (nSPS) is 23.4. The summed E-state index contributed by atoms with van der Waals surface area (Å²) in [6, 6.07) is 7.76. The van der Waals surface area contributed by atoms with E-state index in [-0.39, 0.29) is 16.9 Å². The molecule has 0 aliphatic heterocycles. The monoisotopic (exact) mass is 252 g/mol. The van der Waals surface area contributed by atoms with Crippen LogP contribution in [0.25, 0.3) is 0 Å². The van der Waals surface area contributed by atoms with E-state index in [1.807, 2.05) is 24.3 Å². The quantitative estimate of drug-likeness (QED) is 0.864. The molecule has 2 rings (SSSR count). The molecule has 2 heteroatoms. The van der Waals surface area contributed by atoms with Crippen LogP contribution in [0.15, 0.2) is 24.3 Å². The summed E-state index contributed by atoms with van der Waals surface area (Å²) in [6.45, 7) is 8.94. The summed E-state index contributed by atoms with van der Waals surface area (Å²) >= 11 is 5.95. The third kappa shape index (κ3) is 2.11. The van der Waals surface area contributed by atoms with E-state index in [9.17, 15) is 5.11 Å². The summed E-state index contributed by atoms with van der Waals surface area (Å²) in [5.41, 5.74) is 1.57. The van der Waals surface area contributed by atoms with Gasteiger partial charge < -0.3 is 5.11 Å². The van der Waals surface area contributed by atoms with E-state index in [2.05, 4.69) is 27.7 Å². The molecule has 94 valence electrons. The molecule has 0 aromatic heterocycles. The van der Waals surface area contributed by atoms with Gasteiger partial charge in [0.15, 0.2) is 0 Å². The SMILES string of the molecule is CC1(C)C(C(O)Cc2cccc(Cl)c2)C1(C)C. The van der Waals surface area contributed by atoms with Gasteiger partial charge in [-0.1, -0.05) is 51.4 Å². The van der Waals surface area contributed by atoms with E-state index in [4.69, 9.17) is 11.6 Å². The van der Waals surface area contributed by atoms with Crippen molar-refractivity contribution >= 4 is 11.6 Å². The summed E-state index contributed by atoms with van der Waals surface area (Å²) in [4.78, 5) is 0. The molecule has 1 aliphatic carbocycles. The third-order valence-electron chi connectivity index (χ3n) is 4.85. The van der Waals surface area contributed by atoms with Gasteiger partial charge in [0.25, 0.3) is 0 Å². The highest BCUT2D eigenvalue weighted by Crippen LogP contribution is 2.69. The van der Waals surface area contributed by atoms with Gasteiger partial charge in [-0.25, -0.2) is 0 Å². The summed E-state index contributed by atoms with van der Waals surface area (Å²) in [6.07, 6.45) is 0.413. The fourth-order valence-corrected chi connectivity index (χ4v) is 3.45. The lowest BCUT2D eigenvalue weighted by molar-refractivity contribution is 0.129. The van der Waals surface area contributed by atoms with Gasteiger partial charge in [0.1, 0.15) is 0 Å². The van der Waals surface area contributed by atoms with Crippen molar-refractivity contribution in [2.24, 2.45) is 16.7 Å². The molecule has 0 radical (unpaired) electrons. The van der Waals surface area contributed by atoms with Crippen LogP contribution in [-0.2, 0) is 6.42 Å². The fraction of sp³-hybridized carbons (Fsp3) is 0.600. The maximum Gasteiger partial charge on any atom is 0.0619 e. The Hall–Kier alpha value is -0.530. The second-order valence-electron chi connectivity index (χ2n) is 6.32. The topological polar surface area (TPSA) is 20.2 Å². The predicted octanol–water partition coefficient (Wildman–Crippen LogP) is 3.93. The summed E-state index contributed by atoms with van der Waals surface area (Å²) in [7, 11) is 0. The van der Waals surface area contributed by atoms with Crippen molar-refractivity contribution in [1.29, 1.82) is 0 Å². The van der Waals surface area contributed by atoms with Crippen molar-refractivity contribution in [3.05, 3.63) is 34.9 Å². The minimum atomic E-state index is -0.279. The largest absolute Gasteiger partial charge is 0.392 e. The maximum atomic E-state index is 10.4. The number of hydrogen-bond acceptors (Lipinski definition) is 1. The van der Waals surface area contributed by atoms with Crippen LogP contribution < -0.4 is 0 Å². The molecule has 0 spiro atoms. The molecule has 1 aromatic carbocycles. The number of aliphatic hydroxyl groups excluding tert-OH is 1. The number of rotatable bonds is 3. The van der Waals surface area contributed by atoms with Gasteiger partial charge in [0.2, 0.25) is 0 Å². The van der Waals surface area contributed by atoms with Gasteiger partial charge in [-0.2, -0.15) is 0 Å². The van der Waals surface area contributed by atoms with Gasteiger partial charge >= 0.3 is 0 Å². The fourth-order valence-electron chi connectivity index (χ4n) is 3.23. The Morgan fingerprint density at radius 2 is 1.82 bits per heavy atom. The average molecular weight is 253 g/mol. The van der Waals surface area contributed by atoms with E-state index >= 15 is 0 Å². The van der Waals surface area contributed by atoms with Gasteiger partial charge in [-0.05, 0) is 40.9 Å². The van der Waals surface area contributed by atoms with E-state index in [0.29, 0.717) is 12.3 Å². The number of aliphatic hydroxyl groups is 1. The zero-order valence-electron chi connectivity index (χ0n) is 11.0. The molecule has 0 bridgehead atoms. The highest BCUT2D eigenvalue weighted by molar-refractivity contribution is 6.30. The first-order valence-corrected chi connectivity index (χ1v) is 6.57. The summed E-state index contributed by atoms with van der Waals surface area (Å²) in [5.74, 6) is 0.369. The van der Waals surface area contributed by atoms with Crippen LogP contribution in [0.3, 0.4) is 0 Å². The zero-order chi connectivity index (χ0) is 12.8. The standard InChI is InChI=1S/C15H21ClO/c1-14(2)13(15(14,3)4)12(17)9-10-6-5-7-11(16)8-10/h5-8,12-13,17H,9H2,1-4H3. The Morgan fingerprint density at radius 3 is 2.29 bits per heavy atom. The Labute approximate surface area is 109 Å². The smallest absolute Gasteiger partial charge is 0.0619 e. The first-order chi connectivity index (χ1) is 7.76. The van der Waals surface area contributed by atoms with Gasteiger partial charge in [0.05, 0.1) is 6.10 Å². The summed E-state index contributed by atoms with van der Waals surface area (Å²) in [5, 5.41) is 11.1. The van der Waals surface area contributed by atoms with Crippen LogP contribution >= 0.6 is 11.6 Å². The third-order valence-corrected chi connectivity index (χ3v) is 5.09. The predicted molar refractivity (Wildman–Crippen MR) is 72.2 cm³/mol. The van der Waals surface area contributed by atoms with Crippen molar-refractivity contribution in [2.45, 2.75) is 40.2 Å². The Bertz CT molecular complexity index is 409. The molecule has 1 N–H and O–H groups in total. The van der Waals surface area contributed by atoms with E-state index in [0.717, 1.165) is 10.6 Å². The van der Waals surface area contributed by atoms with Gasteiger partial charge in [-0.3, -0.25) is 0 Å². The van der Waals surface area contributed by atoms with Crippen LogP contribution in [0.5, 0.6) is 0 Å². The second-order valence-corrected chi connectivity index (χ2v) is 6.76. The van der Waals surface area contributed by atoms with E-state index in [1.54, 1.807) is 0 Å². The Morgan fingerprint density at radius 1 is 1.24 bits per heavy atom. The van der Waals surface area contributed by atoms with Gasteiger partial charge in [-0.15, -0.1) is 0 Å². The second kappa shape index (κ2) is 4.00. The lowest BCUT2D eigenvalue weighted by Gasteiger charge is -2.13. The highest BCUT2D eigenvalue weighted by atomic mass is 35.5. The minimum absolute atomic E-state index is 0.227. The molecular weight excluding hydrogens is 232 g/mol. The molecule has 1 nitrogen and oxygen atoms in total. The van der Waals surface area contributed by atoms with Crippen molar-refractivity contribution in [3.8, 4) is 0 Å². The van der Waals surface area contributed by atoms with E-state index in [1.165, 1.54) is 0 Å². The first-order valence-electron chi connectivity index (χ1n) is 6.19. The molecule has 0 amide bonds. The molecular formula is C15H21ClO. The first kappa shape index (κ1) is 12.9. The molecule has 17 heavy (non-hydrogen) atoms. The lowest BCUT2D eigenvalue weighted by Crippen LogP contribution is -2.17. The van der Waals surface area contributed by atoms with Crippen LogP contribution in [0.4, 0.5) is 0 Å². The van der Waals surface area contributed by atoms with Crippen LogP contribution in [0.2, 0.25) is 5.02 Å². The maximum absolute atomic E-state index is 10.4. The molecule has 1 fully saturated rings. The highest BCUT2D eigenvalue weighted by Gasteiger charge is 2.66. The van der Waals surface area contributed by atoms with Crippen molar-refractivity contribution in [3.63, 3.8) is 0 Å². The molecule has 1 aliphatic rings. The van der Waals surface area contributed by atoms with E-state index < -0.39 is 0 Å². The Kier molecular flexibility index (Phi) is 3.04. The Balaban J connectivity index is 2.07. The summed E-state index contributed by atoms with van der Waals surface area (Å²) < 4.78 is 0. The number of benzene rings is 1. The van der Waals surface area contributed by atoms with Crippen LogP contribution in [-0.4, -0.2) is 11.2 Å². The van der Waals surface area contributed by atoms with Crippen molar-refractivity contribution in [2.75, 3.05) is 0 Å². The van der Waals surface area contributed by atoms with Crippen molar-refractivity contribution < 1.29 is 5.11 Å². The molecule has 1 atom stereocenters. The average Bonchev–Trinajstić information content (AvgIpc) is 2.56. The zero-order valence-corrected chi connectivity index (χ0v) is 11.8. The number of hydrogen-bond donors (Lipinski definition) is 1. The lowest BCUT2D eigenvalue weighted by atomic mass is 10.00. The molecule has 1 aromatic rings.